The lowest BCUT2D eigenvalue weighted by molar-refractivity contribution is 0.747. The lowest BCUT2D eigenvalue weighted by atomic mass is 10.0. The maximum atomic E-state index is 8.35. The molecule has 0 saturated carbocycles. The summed E-state index contributed by atoms with van der Waals surface area (Å²) < 4.78 is 0. The first-order chi connectivity index (χ1) is 14.8. The molecule has 2 rings (SSSR count). The fourth-order valence-corrected chi connectivity index (χ4v) is 3.07. The number of allylic oxidation sites excluding steroid dienone is 2. The molecule has 2 aromatic rings. The van der Waals surface area contributed by atoms with Crippen molar-refractivity contribution in [1.82, 2.24) is 0 Å². The Morgan fingerprint density at radius 3 is 1.97 bits per heavy atom. The van der Waals surface area contributed by atoms with Crippen LogP contribution in [0.5, 0.6) is 0 Å². The van der Waals surface area contributed by atoms with Crippen LogP contribution in [0.15, 0.2) is 61.7 Å². The van der Waals surface area contributed by atoms with Gasteiger partial charge in [-0.15, -0.1) is 13.2 Å². The number of benzene rings is 2. The van der Waals surface area contributed by atoms with E-state index in [0.717, 1.165) is 35.7 Å². The Labute approximate surface area is 214 Å². The molecule has 0 aromatic heterocycles. The third-order valence-electron chi connectivity index (χ3n) is 3.71. The Balaban J connectivity index is 0.000000492. The van der Waals surface area contributed by atoms with E-state index in [1.807, 2.05) is 24.3 Å². The molecule has 0 amide bonds. The van der Waals surface area contributed by atoms with Crippen molar-refractivity contribution in [2.24, 2.45) is 0 Å². The van der Waals surface area contributed by atoms with Gasteiger partial charge < -0.3 is 4.85 Å². The van der Waals surface area contributed by atoms with E-state index < -0.39 is 0 Å². The Hall–Kier alpha value is -1.46. The molecule has 0 saturated heterocycles. The number of hydrogen-bond acceptors (Lipinski definition) is 1. The van der Waals surface area contributed by atoms with Crippen molar-refractivity contribution in [2.75, 3.05) is 5.33 Å². The van der Waals surface area contributed by atoms with Gasteiger partial charge in [-0.1, -0.05) is 80.6 Å². The minimum atomic E-state index is -0.155. The normalized spacial score (nSPS) is 10.2. The highest BCUT2D eigenvalue weighted by molar-refractivity contribution is 9.09. The maximum absolute atomic E-state index is 8.35. The van der Waals surface area contributed by atoms with E-state index in [9.17, 15) is 0 Å². The van der Waals surface area contributed by atoms with Crippen LogP contribution in [0.3, 0.4) is 0 Å². The first-order valence-electron chi connectivity index (χ1n) is 9.24. The minimum Gasteiger partial charge on any atom is -0.308 e. The Morgan fingerprint density at radius 1 is 0.968 bits per heavy atom. The van der Waals surface area contributed by atoms with Crippen molar-refractivity contribution >= 4 is 62.3 Å². The van der Waals surface area contributed by atoms with E-state index in [1.54, 1.807) is 30.3 Å². The molecule has 0 bridgehead atoms. The molecule has 164 valence electrons. The van der Waals surface area contributed by atoms with Crippen LogP contribution in [0, 0.1) is 17.9 Å². The molecule has 2 aromatic carbocycles. The highest BCUT2D eigenvalue weighted by Gasteiger charge is 2.15. The summed E-state index contributed by atoms with van der Waals surface area (Å²) in [7, 11) is 0. The first kappa shape index (κ1) is 29.5. The molecule has 0 heterocycles. The summed E-state index contributed by atoms with van der Waals surface area (Å²) in [6, 6.07) is 12.4. The van der Waals surface area contributed by atoms with E-state index >= 15 is 0 Å². The Bertz CT molecular complexity index is 917. The summed E-state index contributed by atoms with van der Waals surface area (Å²) in [6.45, 7) is 14.3. The van der Waals surface area contributed by atoms with Gasteiger partial charge in [0.25, 0.3) is 0 Å². The predicted octanol–water partition coefficient (Wildman–Crippen LogP) is 9.94. The van der Waals surface area contributed by atoms with Crippen LogP contribution in [0.2, 0.25) is 20.1 Å². The number of rotatable bonds is 7. The molecule has 7 heteroatoms. The number of nitriles is 1. The van der Waals surface area contributed by atoms with Gasteiger partial charge in [0.15, 0.2) is 0 Å². The van der Waals surface area contributed by atoms with Gasteiger partial charge in [0.1, 0.15) is 0 Å². The molecule has 0 N–H and O–H groups in total. The number of hydrogen-bond donors (Lipinski definition) is 0. The van der Waals surface area contributed by atoms with Crippen LogP contribution in [0.4, 0.5) is 0 Å². The van der Waals surface area contributed by atoms with Crippen LogP contribution in [-0.2, 0) is 6.42 Å². The quantitative estimate of drug-likeness (QED) is 0.188. The topological polar surface area (TPSA) is 28.1 Å². The summed E-state index contributed by atoms with van der Waals surface area (Å²) in [6.07, 6.45) is 6.74. The highest BCUT2D eigenvalue weighted by Crippen LogP contribution is 2.29. The molecule has 0 aliphatic heterocycles. The summed E-state index contributed by atoms with van der Waals surface area (Å²) >= 11 is 26.3. The minimum absolute atomic E-state index is 0.155. The monoisotopic (exact) mass is 558 g/mol. The molecule has 1 unspecified atom stereocenters. The van der Waals surface area contributed by atoms with Crippen LogP contribution in [-0.4, -0.2) is 5.33 Å². The average Bonchev–Trinajstić information content (AvgIpc) is 2.75. The van der Waals surface area contributed by atoms with Gasteiger partial charge in [0.05, 0.1) is 32.6 Å². The lowest BCUT2D eigenvalue weighted by Crippen LogP contribution is -1.92. The predicted molar refractivity (Wildman–Crippen MR) is 140 cm³/mol. The molecule has 0 aliphatic rings. The van der Waals surface area contributed by atoms with Gasteiger partial charge in [-0.2, -0.15) is 5.26 Å². The summed E-state index contributed by atoms with van der Waals surface area (Å²) in [5, 5.41) is 11.4. The van der Waals surface area contributed by atoms with Gasteiger partial charge >= 0.3 is 0 Å². The second-order valence-corrected chi connectivity index (χ2v) is 8.46. The first-order valence-corrected chi connectivity index (χ1v) is 11.9. The molecule has 0 aliphatic carbocycles. The van der Waals surface area contributed by atoms with E-state index in [4.69, 9.17) is 58.2 Å². The Morgan fingerprint density at radius 2 is 1.55 bits per heavy atom. The van der Waals surface area contributed by atoms with E-state index in [2.05, 4.69) is 33.9 Å². The molecule has 0 fully saturated rings. The van der Waals surface area contributed by atoms with Crippen LogP contribution < -0.4 is 0 Å². The van der Waals surface area contributed by atoms with E-state index in [-0.39, 0.29) is 6.04 Å². The van der Waals surface area contributed by atoms with Crippen LogP contribution >= 0.6 is 62.3 Å². The Kier molecular flexibility index (Phi) is 17.3. The summed E-state index contributed by atoms with van der Waals surface area (Å²) in [5.74, 6) is 0. The van der Waals surface area contributed by atoms with Crippen LogP contribution in [0.1, 0.15) is 36.4 Å². The van der Waals surface area contributed by atoms with E-state index in [1.165, 1.54) is 0 Å². The van der Waals surface area contributed by atoms with Crippen molar-refractivity contribution < 1.29 is 0 Å². The van der Waals surface area contributed by atoms with E-state index in [0.29, 0.717) is 26.5 Å². The zero-order valence-corrected chi connectivity index (χ0v) is 21.5. The maximum Gasteiger partial charge on any atom is 0.249 e. The second-order valence-electron chi connectivity index (χ2n) is 6.03. The molecule has 0 spiro atoms. The van der Waals surface area contributed by atoms with Crippen molar-refractivity contribution in [3.8, 4) is 6.07 Å². The summed E-state index contributed by atoms with van der Waals surface area (Å²) in [4.78, 5) is 3.57. The van der Waals surface area contributed by atoms with Crippen molar-refractivity contribution in [3.63, 3.8) is 0 Å². The molecule has 1 atom stereocenters. The van der Waals surface area contributed by atoms with Crippen molar-refractivity contribution in [1.29, 1.82) is 5.26 Å². The fraction of sp³-hybridized carbons (Fsp3) is 0.250. The second kappa shape index (κ2) is 18.1. The SMILES string of the molecule is C=CCCBr.N#CCc1ccc(Cl)c(Cl)c1.[C-]#[N+]C(CCC=C)c1ccc(Cl)c(Cl)c1. The third-order valence-corrected chi connectivity index (χ3v) is 5.64. The molecule has 31 heavy (non-hydrogen) atoms. The standard InChI is InChI=1S/C12H11Cl2N.C8H5Cl2N.C4H7Br/c1-3-4-5-12(15-2)9-6-7-10(13)11(14)8-9;9-7-2-1-6(3-4-11)5-8(7)10;1-2-3-4-5/h3,6-8,12H,1,4-5H2;1-2,5H,3H2;2H,1,3-4H2. The lowest BCUT2D eigenvalue weighted by Gasteiger charge is -2.05. The number of halogens is 5. The molecule has 2 nitrogen and oxygen atoms in total. The van der Waals surface area contributed by atoms with Crippen LogP contribution in [0.25, 0.3) is 4.85 Å². The average molecular weight is 561 g/mol. The smallest absolute Gasteiger partial charge is 0.249 e. The zero-order valence-electron chi connectivity index (χ0n) is 16.9. The number of alkyl halides is 1. The molecule has 0 radical (unpaired) electrons. The highest BCUT2D eigenvalue weighted by atomic mass is 79.9. The van der Waals surface area contributed by atoms with Crippen molar-refractivity contribution in [2.45, 2.75) is 31.7 Å². The summed E-state index contributed by atoms with van der Waals surface area (Å²) in [5.41, 5.74) is 1.81. The third kappa shape index (κ3) is 12.9. The van der Waals surface area contributed by atoms with Gasteiger partial charge in [-0.25, -0.2) is 6.57 Å². The van der Waals surface area contributed by atoms with Crippen molar-refractivity contribution in [3.05, 3.63) is 104 Å². The van der Waals surface area contributed by atoms with Gasteiger partial charge in [-0.3, -0.25) is 0 Å². The molecular weight excluding hydrogens is 538 g/mol. The zero-order chi connectivity index (χ0) is 23.6. The van der Waals surface area contributed by atoms with Gasteiger partial charge in [0, 0.05) is 17.3 Å². The van der Waals surface area contributed by atoms with Gasteiger partial charge in [-0.05, 0) is 48.7 Å². The largest absolute Gasteiger partial charge is 0.308 e. The molecular formula is C24H23BrCl4N2. The fourth-order valence-electron chi connectivity index (χ4n) is 2.12. The number of nitrogens with zero attached hydrogens (tertiary/aromatic N) is 2. The van der Waals surface area contributed by atoms with Gasteiger partial charge in [0.2, 0.25) is 6.04 Å².